The van der Waals surface area contributed by atoms with Crippen molar-refractivity contribution in [2.75, 3.05) is 6.61 Å². The van der Waals surface area contributed by atoms with Gasteiger partial charge in [0.1, 0.15) is 0 Å². The summed E-state index contributed by atoms with van der Waals surface area (Å²) in [6.45, 7) is 9.70. The highest BCUT2D eigenvalue weighted by Gasteiger charge is 2.08. The highest BCUT2D eigenvalue weighted by molar-refractivity contribution is 4.61. The molecular weight excluding hydrogens is 256 g/mol. The lowest BCUT2D eigenvalue weighted by atomic mass is 9.92. The van der Waals surface area contributed by atoms with E-state index in [-0.39, 0.29) is 0 Å². The van der Waals surface area contributed by atoms with Crippen molar-refractivity contribution in [3.05, 3.63) is 0 Å². The Morgan fingerprint density at radius 1 is 0.667 bits per heavy atom. The van der Waals surface area contributed by atoms with Crippen molar-refractivity contribution in [2.45, 2.75) is 105 Å². The molecule has 21 heavy (non-hydrogen) atoms. The topological polar surface area (TPSA) is 20.2 Å². The number of hydrogen-bond acceptors (Lipinski definition) is 1. The summed E-state index contributed by atoms with van der Waals surface area (Å²) in [4.78, 5) is 0. The highest BCUT2D eigenvalue weighted by atomic mass is 16.3. The molecule has 3 unspecified atom stereocenters. The molecule has 3 atom stereocenters. The molecule has 0 spiro atoms. The normalized spacial score (nSPS) is 15.9. The van der Waals surface area contributed by atoms with Crippen LogP contribution >= 0.6 is 0 Å². The molecule has 0 aromatic heterocycles. The maximum absolute atomic E-state index is 9.49. The Bertz CT molecular complexity index is 202. The van der Waals surface area contributed by atoms with Gasteiger partial charge in [0.15, 0.2) is 0 Å². The van der Waals surface area contributed by atoms with Crippen LogP contribution in [0.15, 0.2) is 0 Å². The van der Waals surface area contributed by atoms with Gasteiger partial charge in [-0.3, -0.25) is 0 Å². The van der Waals surface area contributed by atoms with Gasteiger partial charge in [-0.05, 0) is 30.6 Å². The zero-order valence-corrected chi connectivity index (χ0v) is 15.4. The van der Waals surface area contributed by atoms with E-state index in [2.05, 4.69) is 27.7 Å². The van der Waals surface area contributed by atoms with Crippen molar-refractivity contribution in [3.63, 3.8) is 0 Å². The molecule has 1 nitrogen and oxygen atoms in total. The van der Waals surface area contributed by atoms with Crippen molar-refractivity contribution in [1.82, 2.24) is 0 Å². The van der Waals surface area contributed by atoms with Gasteiger partial charge < -0.3 is 5.11 Å². The number of aliphatic hydroxyl groups excluding tert-OH is 1. The zero-order valence-electron chi connectivity index (χ0n) is 15.4. The van der Waals surface area contributed by atoms with E-state index in [0.717, 1.165) is 11.8 Å². The van der Waals surface area contributed by atoms with Gasteiger partial charge >= 0.3 is 0 Å². The van der Waals surface area contributed by atoms with Crippen LogP contribution in [0.1, 0.15) is 105 Å². The summed E-state index contributed by atoms with van der Waals surface area (Å²) in [6, 6.07) is 0. The summed E-state index contributed by atoms with van der Waals surface area (Å²) < 4.78 is 0. The average molecular weight is 299 g/mol. The predicted octanol–water partition coefficient (Wildman–Crippen LogP) is 6.59. The molecule has 0 heterocycles. The first-order valence-electron chi connectivity index (χ1n) is 9.74. The summed E-state index contributed by atoms with van der Waals surface area (Å²) in [6.07, 6.45) is 16.0. The van der Waals surface area contributed by atoms with E-state index in [1.807, 2.05) is 0 Å². The number of aliphatic hydroxyl groups is 1. The first kappa shape index (κ1) is 21.0. The monoisotopic (exact) mass is 298 g/mol. The summed E-state index contributed by atoms with van der Waals surface area (Å²) in [5.74, 6) is 2.33. The van der Waals surface area contributed by atoms with E-state index >= 15 is 0 Å². The van der Waals surface area contributed by atoms with Crippen molar-refractivity contribution >= 4 is 0 Å². The van der Waals surface area contributed by atoms with Gasteiger partial charge in [-0.1, -0.05) is 91.9 Å². The molecule has 0 bridgehead atoms. The molecule has 1 N–H and O–H groups in total. The van der Waals surface area contributed by atoms with Gasteiger partial charge in [-0.2, -0.15) is 0 Å². The average Bonchev–Trinajstić information content (AvgIpc) is 2.50. The van der Waals surface area contributed by atoms with Crippen molar-refractivity contribution in [3.8, 4) is 0 Å². The van der Waals surface area contributed by atoms with Crippen LogP contribution in [0.5, 0.6) is 0 Å². The van der Waals surface area contributed by atoms with E-state index in [0.29, 0.717) is 12.5 Å². The van der Waals surface area contributed by atoms with E-state index in [1.54, 1.807) is 0 Å². The Labute approximate surface area is 134 Å². The number of rotatable bonds is 15. The molecular formula is C20H42O. The molecule has 0 aromatic carbocycles. The Hall–Kier alpha value is -0.0400. The van der Waals surface area contributed by atoms with Gasteiger partial charge in [0.25, 0.3) is 0 Å². The van der Waals surface area contributed by atoms with Crippen LogP contribution in [0.4, 0.5) is 0 Å². The van der Waals surface area contributed by atoms with Crippen LogP contribution in [0.3, 0.4) is 0 Å². The fourth-order valence-corrected chi connectivity index (χ4v) is 3.09. The van der Waals surface area contributed by atoms with E-state index in [9.17, 15) is 5.11 Å². The lowest BCUT2D eigenvalue weighted by Gasteiger charge is -2.16. The van der Waals surface area contributed by atoms with E-state index in [4.69, 9.17) is 0 Å². The maximum atomic E-state index is 9.49. The van der Waals surface area contributed by atoms with Gasteiger partial charge in [-0.25, -0.2) is 0 Å². The smallest absolute Gasteiger partial charge is 0.0459 e. The number of hydrogen-bond donors (Lipinski definition) is 1. The third-order valence-electron chi connectivity index (χ3n) is 5.12. The van der Waals surface area contributed by atoms with Gasteiger partial charge in [0.2, 0.25) is 0 Å². The van der Waals surface area contributed by atoms with Crippen molar-refractivity contribution in [2.24, 2.45) is 17.8 Å². The van der Waals surface area contributed by atoms with E-state index < -0.39 is 0 Å². The van der Waals surface area contributed by atoms with Crippen molar-refractivity contribution in [1.29, 1.82) is 0 Å². The van der Waals surface area contributed by atoms with Crippen LogP contribution in [0.2, 0.25) is 0 Å². The zero-order chi connectivity index (χ0) is 15.9. The largest absolute Gasteiger partial charge is 0.396 e. The third-order valence-corrected chi connectivity index (χ3v) is 5.12. The fourth-order valence-electron chi connectivity index (χ4n) is 3.09. The highest BCUT2D eigenvalue weighted by Crippen LogP contribution is 2.21. The Balaban J connectivity index is 3.50. The number of unbranched alkanes of at least 4 members (excludes halogenated alkanes) is 3. The third kappa shape index (κ3) is 13.4. The first-order valence-corrected chi connectivity index (χ1v) is 9.74. The molecule has 0 fully saturated rings. The Morgan fingerprint density at radius 2 is 1.24 bits per heavy atom. The molecule has 0 saturated carbocycles. The predicted molar refractivity (Wildman–Crippen MR) is 95.7 cm³/mol. The van der Waals surface area contributed by atoms with Crippen LogP contribution in [0, 0.1) is 17.8 Å². The maximum Gasteiger partial charge on any atom is 0.0459 e. The SMILES string of the molecule is CCCCC(C)CCCCCC(CO)CCCC(C)CC. The Morgan fingerprint density at radius 3 is 1.86 bits per heavy atom. The van der Waals surface area contributed by atoms with Crippen LogP contribution in [-0.4, -0.2) is 11.7 Å². The first-order chi connectivity index (χ1) is 10.1. The second kappa shape index (κ2) is 14.9. The molecule has 0 amide bonds. The van der Waals surface area contributed by atoms with Gasteiger partial charge in [-0.15, -0.1) is 0 Å². The molecule has 0 aliphatic rings. The minimum Gasteiger partial charge on any atom is -0.396 e. The fraction of sp³-hybridized carbons (Fsp3) is 1.00. The second-order valence-corrected chi connectivity index (χ2v) is 7.38. The van der Waals surface area contributed by atoms with Crippen LogP contribution in [0.25, 0.3) is 0 Å². The quantitative estimate of drug-likeness (QED) is 0.338. The van der Waals surface area contributed by atoms with Crippen molar-refractivity contribution < 1.29 is 5.11 Å². The minimum atomic E-state index is 0.396. The molecule has 0 saturated heterocycles. The summed E-state index contributed by atoms with van der Waals surface area (Å²) in [5, 5.41) is 9.49. The molecule has 0 rings (SSSR count). The van der Waals surface area contributed by atoms with Crippen LogP contribution < -0.4 is 0 Å². The molecule has 0 aliphatic carbocycles. The molecule has 0 aliphatic heterocycles. The molecule has 0 radical (unpaired) electrons. The molecule has 1 heteroatoms. The standard InChI is InChI=1S/C20H42O/c1-5-7-12-19(4)13-9-8-10-15-20(17-21)16-11-14-18(3)6-2/h18-21H,5-17H2,1-4H3. The van der Waals surface area contributed by atoms with Gasteiger partial charge in [0.05, 0.1) is 0 Å². The molecule has 128 valence electrons. The minimum absolute atomic E-state index is 0.396. The Kier molecular flexibility index (Phi) is 14.9. The summed E-state index contributed by atoms with van der Waals surface area (Å²) in [5.41, 5.74) is 0. The summed E-state index contributed by atoms with van der Waals surface area (Å²) >= 11 is 0. The lowest BCUT2D eigenvalue weighted by molar-refractivity contribution is 0.202. The molecule has 0 aromatic rings. The van der Waals surface area contributed by atoms with E-state index in [1.165, 1.54) is 77.0 Å². The summed E-state index contributed by atoms with van der Waals surface area (Å²) in [7, 11) is 0. The lowest BCUT2D eigenvalue weighted by Crippen LogP contribution is -2.07. The van der Waals surface area contributed by atoms with Gasteiger partial charge in [0, 0.05) is 6.61 Å². The van der Waals surface area contributed by atoms with Crippen LogP contribution in [-0.2, 0) is 0 Å². The second-order valence-electron chi connectivity index (χ2n) is 7.38.